The van der Waals surface area contributed by atoms with Gasteiger partial charge in [-0.3, -0.25) is 9.59 Å². The van der Waals surface area contributed by atoms with Crippen molar-refractivity contribution in [2.24, 2.45) is 0 Å². The van der Waals surface area contributed by atoms with Crippen molar-refractivity contribution in [3.63, 3.8) is 0 Å². The Hall–Kier alpha value is -3.00. The molecule has 11 nitrogen and oxygen atoms in total. The van der Waals surface area contributed by atoms with Crippen LogP contribution in [-0.2, 0) is 19.1 Å². The number of thioether (sulfide) groups is 1. The lowest BCUT2D eigenvalue weighted by atomic mass is 9.88. The molecule has 0 aromatic heterocycles. The number of aliphatic carboxylic acids is 1. The average molecular weight is 591 g/mol. The first-order valence-corrected chi connectivity index (χ1v) is 14.6. The van der Waals surface area contributed by atoms with Gasteiger partial charge in [-0.15, -0.1) is 0 Å². The number of carbonyl (C=O) groups excluding carboxylic acids is 2. The summed E-state index contributed by atoms with van der Waals surface area (Å²) < 4.78 is 11.3. The van der Waals surface area contributed by atoms with Crippen LogP contribution in [0.3, 0.4) is 0 Å². The molecule has 0 spiro atoms. The fourth-order valence-electron chi connectivity index (χ4n) is 4.58. The molecule has 3 rings (SSSR count). The molecule has 0 radical (unpaired) electrons. The molecule has 2 aromatic carbocycles. The molecular weight excluding hydrogens is 552 g/mol. The van der Waals surface area contributed by atoms with E-state index in [1.54, 1.807) is 36.0 Å². The highest BCUT2D eigenvalue weighted by molar-refractivity contribution is 7.99. The van der Waals surface area contributed by atoms with E-state index in [-0.39, 0.29) is 6.61 Å². The van der Waals surface area contributed by atoms with E-state index >= 15 is 0 Å². The van der Waals surface area contributed by atoms with Crippen molar-refractivity contribution >= 4 is 29.5 Å². The summed E-state index contributed by atoms with van der Waals surface area (Å²) in [7, 11) is 0. The number of amides is 2. The van der Waals surface area contributed by atoms with Crippen LogP contribution in [-0.4, -0.2) is 99.1 Å². The minimum Gasteiger partial charge on any atom is -0.477 e. The summed E-state index contributed by atoms with van der Waals surface area (Å²) in [5.74, 6) is -3.27. The standard InChI is InChI=1S/C29H38N2O9S/c1-3-41-15-7-14-39-29(28(37)38)16-22(33)24(31-18(2)32)26(40-29)25(35)23(34)17-30-27(36)21-12-10-20(11-13-21)19-8-5-4-6-9-19/h4-6,8-13,22-26,33-35H,3,7,14-17H2,1-2H3,(H,30,36)(H,31,32)(H,37,38)/t22?,23-,24-,25?,26-,29-/m1/s1. The van der Waals surface area contributed by atoms with Gasteiger partial charge < -0.3 is 40.5 Å². The summed E-state index contributed by atoms with van der Waals surface area (Å²) in [6, 6.07) is 15.2. The van der Waals surface area contributed by atoms with E-state index in [4.69, 9.17) is 9.47 Å². The smallest absolute Gasteiger partial charge is 0.364 e. The Labute approximate surface area is 243 Å². The fraction of sp³-hybridized carbons (Fsp3) is 0.483. The molecule has 41 heavy (non-hydrogen) atoms. The van der Waals surface area contributed by atoms with Crippen molar-refractivity contribution in [1.29, 1.82) is 0 Å². The van der Waals surface area contributed by atoms with Gasteiger partial charge in [0.1, 0.15) is 12.2 Å². The molecule has 0 saturated carbocycles. The van der Waals surface area contributed by atoms with E-state index < -0.39 is 67.0 Å². The highest BCUT2D eigenvalue weighted by Gasteiger charge is 2.55. The third kappa shape index (κ3) is 8.74. The van der Waals surface area contributed by atoms with Gasteiger partial charge in [0.05, 0.1) is 24.9 Å². The van der Waals surface area contributed by atoms with Crippen LogP contribution in [0, 0.1) is 0 Å². The summed E-state index contributed by atoms with van der Waals surface area (Å²) in [4.78, 5) is 36.8. The Morgan fingerprint density at radius 3 is 2.37 bits per heavy atom. The van der Waals surface area contributed by atoms with Gasteiger partial charge in [0.25, 0.3) is 11.7 Å². The topological polar surface area (TPSA) is 175 Å². The van der Waals surface area contributed by atoms with Crippen molar-refractivity contribution in [3.05, 3.63) is 60.2 Å². The summed E-state index contributed by atoms with van der Waals surface area (Å²) in [6.07, 6.45) is -6.47. The van der Waals surface area contributed by atoms with Crippen molar-refractivity contribution in [2.45, 2.75) is 62.9 Å². The zero-order valence-corrected chi connectivity index (χ0v) is 23.9. The molecule has 0 aliphatic carbocycles. The average Bonchev–Trinajstić information content (AvgIpc) is 2.96. The lowest BCUT2D eigenvalue weighted by molar-refractivity contribution is -0.310. The van der Waals surface area contributed by atoms with Crippen LogP contribution in [0.15, 0.2) is 54.6 Å². The predicted octanol–water partition coefficient (Wildman–Crippen LogP) is 1.40. The van der Waals surface area contributed by atoms with Gasteiger partial charge in [-0.05, 0) is 41.2 Å². The number of nitrogens with one attached hydrogen (secondary N) is 2. The zero-order valence-electron chi connectivity index (χ0n) is 23.1. The molecule has 1 fully saturated rings. The molecule has 2 amide bonds. The maximum atomic E-state index is 12.7. The van der Waals surface area contributed by atoms with Crippen LogP contribution in [0.25, 0.3) is 11.1 Å². The molecule has 6 atom stereocenters. The van der Waals surface area contributed by atoms with Crippen LogP contribution >= 0.6 is 11.8 Å². The van der Waals surface area contributed by atoms with Gasteiger partial charge in [-0.2, -0.15) is 11.8 Å². The summed E-state index contributed by atoms with van der Waals surface area (Å²) in [6.45, 7) is 2.78. The largest absolute Gasteiger partial charge is 0.477 e. The van der Waals surface area contributed by atoms with Gasteiger partial charge in [0.2, 0.25) is 5.91 Å². The molecule has 1 saturated heterocycles. The fourth-order valence-corrected chi connectivity index (χ4v) is 5.19. The molecule has 1 aliphatic rings. The second kappa shape index (κ2) is 15.3. The molecule has 2 unspecified atom stereocenters. The van der Waals surface area contributed by atoms with Crippen molar-refractivity contribution in [3.8, 4) is 11.1 Å². The van der Waals surface area contributed by atoms with Gasteiger partial charge >= 0.3 is 5.97 Å². The molecule has 1 heterocycles. The molecular formula is C29H38N2O9S. The maximum Gasteiger partial charge on any atom is 0.364 e. The Kier molecular flexibility index (Phi) is 12.1. The predicted molar refractivity (Wildman–Crippen MR) is 153 cm³/mol. The van der Waals surface area contributed by atoms with E-state index in [1.807, 2.05) is 37.3 Å². The number of carboxylic acid groups (broad SMARTS) is 1. The second-order valence-corrected chi connectivity index (χ2v) is 11.1. The zero-order chi connectivity index (χ0) is 30.0. The third-order valence-corrected chi connectivity index (χ3v) is 7.68. The maximum absolute atomic E-state index is 12.7. The Bertz CT molecular complexity index is 1150. The number of carbonyl (C=O) groups is 3. The number of aliphatic hydroxyl groups is 3. The number of hydrogen-bond acceptors (Lipinski definition) is 9. The van der Waals surface area contributed by atoms with Crippen LogP contribution < -0.4 is 10.6 Å². The van der Waals surface area contributed by atoms with Crippen LogP contribution in [0.5, 0.6) is 0 Å². The van der Waals surface area contributed by atoms with Crippen LogP contribution in [0.2, 0.25) is 0 Å². The second-order valence-electron chi connectivity index (χ2n) is 9.75. The molecule has 12 heteroatoms. The first kappa shape index (κ1) is 32.5. The Balaban J connectivity index is 1.69. The third-order valence-electron chi connectivity index (χ3n) is 6.70. The molecule has 224 valence electrons. The van der Waals surface area contributed by atoms with E-state index in [9.17, 15) is 34.8 Å². The SMILES string of the molecule is CCSCCCO[C@]1(C(=O)O)CC(O)[C@@H](NC(C)=O)[C@H](C(O)[C@H](O)CNC(=O)c2ccc(-c3ccccc3)cc2)O1. The van der Waals surface area contributed by atoms with Crippen molar-refractivity contribution in [2.75, 3.05) is 24.7 Å². The summed E-state index contributed by atoms with van der Waals surface area (Å²) >= 11 is 1.65. The summed E-state index contributed by atoms with van der Waals surface area (Å²) in [5.41, 5.74) is 2.23. The molecule has 1 aliphatic heterocycles. The van der Waals surface area contributed by atoms with Gasteiger partial charge in [0, 0.05) is 25.5 Å². The van der Waals surface area contributed by atoms with Gasteiger partial charge in [-0.1, -0.05) is 49.4 Å². The van der Waals surface area contributed by atoms with Crippen LogP contribution in [0.1, 0.15) is 37.0 Å². The highest BCUT2D eigenvalue weighted by Crippen LogP contribution is 2.34. The number of aliphatic hydroxyl groups excluding tert-OH is 3. The molecule has 2 aromatic rings. The van der Waals surface area contributed by atoms with Crippen molar-refractivity contribution < 1.29 is 44.3 Å². The Morgan fingerprint density at radius 2 is 1.76 bits per heavy atom. The van der Waals surface area contributed by atoms with Crippen molar-refractivity contribution in [1.82, 2.24) is 10.6 Å². The van der Waals surface area contributed by atoms with E-state index in [0.717, 1.165) is 22.6 Å². The van der Waals surface area contributed by atoms with E-state index in [1.165, 1.54) is 6.92 Å². The molecule has 0 bridgehead atoms. The molecule has 6 N–H and O–H groups in total. The minimum atomic E-state index is -2.31. The lowest BCUT2D eigenvalue weighted by Gasteiger charge is -2.46. The number of ether oxygens (including phenoxy) is 2. The van der Waals surface area contributed by atoms with Gasteiger partial charge in [-0.25, -0.2) is 4.79 Å². The first-order chi connectivity index (χ1) is 19.6. The van der Waals surface area contributed by atoms with Crippen LogP contribution in [0.4, 0.5) is 0 Å². The highest BCUT2D eigenvalue weighted by atomic mass is 32.2. The quantitative estimate of drug-likeness (QED) is 0.177. The number of hydrogen-bond donors (Lipinski definition) is 6. The Morgan fingerprint density at radius 1 is 1.10 bits per heavy atom. The lowest BCUT2D eigenvalue weighted by Crippen LogP contribution is -2.68. The van der Waals surface area contributed by atoms with E-state index in [2.05, 4.69) is 10.6 Å². The monoisotopic (exact) mass is 590 g/mol. The first-order valence-electron chi connectivity index (χ1n) is 13.5. The normalized spacial score (nSPS) is 23.8. The number of benzene rings is 2. The number of rotatable bonds is 14. The van der Waals surface area contributed by atoms with E-state index in [0.29, 0.717) is 12.0 Å². The van der Waals surface area contributed by atoms with Gasteiger partial charge in [0.15, 0.2) is 0 Å². The minimum absolute atomic E-state index is 0.0152. The summed E-state index contributed by atoms with van der Waals surface area (Å²) in [5, 5.41) is 47.5. The number of carboxylic acids is 1.